The van der Waals surface area contributed by atoms with Gasteiger partial charge in [-0.25, -0.2) is 4.39 Å². The number of aryl methyl sites for hydroxylation is 3. The van der Waals surface area contributed by atoms with Crippen molar-refractivity contribution in [2.45, 2.75) is 26.8 Å². The molecule has 0 amide bonds. The van der Waals surface area contributed by atoms with E-state index in [0.717, 1.165) is 11.1 Å². The molecule has 1 atom stereocenters. The van der Waals surface area contributed by atoms with E-state index < -0.39 is 0 Å². The fourth-order valence-corrected chi connectivity index (χ4v) is 2.59. The molecule has 0 bridgehead atoms. The summed E-state index contributed by atoms with van der Waals surface area (Å²) in [5, 5.41) is 3.33. The highest BCUT2D eigenvalue weighted by Gasteiger charge is 2.16. The summed E-state index contributed by atoms with van der Waals surface area (Å²) in [6, 6.07) is 11.5. The lowest BCUT2D eigenvalue weighted by Gasteiger charge is -2.21. The monoisotopic (exact) mass is 257 g/mol. The normalized spacial score (nSPS) is 12.5. The first-order valence-corrected chi connectivity index (χ1v) is 6.53. The number of rotatable bonds is 3. The maximum atomic E-state index is 13.2. The van der Waals surface area contributed by atoms with Crippen molar-refractivity contribution in [1.29, 1.82) is 0 Å². The molecule has 0 aromatic heterocycles. The van der Waals surface area contributed by atoms with Crippen molar-refractivity contribution < 1.29 is 4.39 Å². The third kappa shape index (κ3) is 2.85. The van der Waals surface area contributed by atoms with Gasteiger partial charge in [0.25, 0.3) is 0 Å². The Hall–Kier alpha value is -1.67. The first-order chi connectivity index (χ1) is 9.02. The summed E-state index contributed by atoms with van der Waals surface area (Å²) in [5.41, 5.74) is 5.84. The van der Waals surface area contributed by atoms with E-state index in [4.69, 9.17) is 0 Å². The molecule has 0 fully saturated rings. The molecule has 0 radical (unpaired) electrons. The Bertz CT molecular complexity index is 538. The lowest BCUT2D eigenvalue weighted by atomic mass is 9.91. The summed E-state index contributed by atoms with van der Waals surface area (Å²) in [7, 11) is 1.94. The molecular weight excluding hydrogens is 237 g/mol. The molecule has 0 saturated carbocycles. The largest absolute Gasteiger partial charge is 0.309 e. The molecule has 0 aliphatic carbocycles. The minimum atomic E-state index is -0.184. The van der Waals surface area contributed by atoms with Gasteiger partial charge < -0.3 is 5.32 Å². The first-order valence-electron chi connectivity index (χ1n) is 6.53. The number of hydrogen-bond acceptors (Lipinski definition) is 1. The smallest absolute Gasteiger partial charge is 0.123 e. The zero-order valence-electron chi connectivity index (χ0n) is 11.9. The third-order valence-electron chi connectivity index (χ3n) is 3.57. The standard InChI is InChI=1S/C17H20FN/c1-11-5-7-15(12(2)9-11)17(19-4)16-8-6-14(18)10-13(16)3/h5-10,17,19H,1-4H3. The molecule has 1 unspecified atom stereocenters. The second kappa shape index (κ2) is 5.54. The lowest BCUT2D eigenvalue weighted by Crippen LogP contribution is -2.19. The third-order valence-corrected chi connectivity index (χ3v) is 3.57. The summed E-state index contributed by atoms with van der Waals surface area (Å²) in [6.07, 6.45) is 0. The van der Waals surface area contributed by atoms with Gasteiger partial charge >= 0.3 is 0 Å². The van der Waals surface area contributed by atoms with Gasteiger partial charge in [0.2, 0.25) is 0 Å². The van der Waals surface area contributed by atoms with E-state index in [0.29, 0.717) is 0 Å². The van der Waals surface area contributed by atoms with Crippen LogP contribution in [0.25, 0.3) is 0 Å². The van der Waals surface area contributed by atoms with Crippen LogP contribution in [0.2, 0.25) is 0 Å². The zero-order valence-corrected chi connectivity index (χ0v) is 11.9. The topological polar surface area (TPSA) is 12.0 Å². The van der Waals surface area contributed by atoms with Crippen molar-refractivity contribution in [3.05, 3.63) is 70.0 Å². The molecular formula is C17H20FN. The quantitative estimate of drug-likeness (QED) is 0.874. The highest BCUT2D eigenvalue weighted by molar-refractivity contribution is 5.41. The van der Waals surface area contributed by atoms with Crippen molar-refractivity contribution in [3.63, 3.8) is 0 Å². The van der Waals surface area contributed by atoms with Crippen LogP contribution in [-0.2, 0) is 0 Å². The number of nitrogens with one attached hydrogen (secondary N) is 1. The summed E-state index contributed by atoms with van der Waals surface area (Å²) in [4.78, 5) is 0. The van der Waals surface area contributed by atoms with Gasteiger partial charge in [0, 0.05) is 0 Å². The van der Waals surface area contributed by atoms with E-state index >= 15 is 0 Å². The fraction of sp³-hybridized carbons (Fsp3) is 0.294. The van der Waals surface area contributed by atoms with Gasteiger partial charge in [0.1, 0.15) is 5.82 Å². The van der Waals surface area contributed by atoms with Gasteiger partial charge in [0.15, 0.2) is 0 Å². The second-order valence-electron chi connectivity index (χ2n) is 5.08. The van der Waals surface area contributed by atoms with Crippen LogP contribution in [0.3, 0.4) is 0 Å². The summed E-state index contributed by atoms with van der Waals surface area (Å²) >= 11 is 0. The minimum absolute atomic E-state index is 0.0983. The van der Waals surface area contributed by atoms with E-state index in [1.54, 1.807) is 6.07 Å². The molecule has 0 aliphatic heterocycles. The van der Waals surface area contributed by atoms with Crippen LogP contribution in [0.5, 0.6) is 0 Å². The molecule has 0 saturated heterocycles. The molecule has 1 nitrogen and oxygen atoms in total. The van der Waals surface area contributed by atoms with Crippen LogP contribution >= 0.6 is 0 Å². The predicted octanol–water partition coefficient (Wildman–Crippen LogP) is 4.06. The summed E-state index contributed by atoms with van der Waals surface area (Å²) < 4.78 is 13.2. The van der Waals surface area contributed by atoms with E-state index in [1.807, 2.05) is 20.0 Å². The second-order valence-corrected chi connectivity index (χ2v) is 5.08. The van der Waals surface area contributed by atoms with Crippen molar-refractivity contribution >= 4 is 0 Å². The van der Waals surface area contributed by atoms with Gasteiger partial charge in [-0.05, 0) is 62.2 Å². The minimum Gasteiger partial charge on any atom is -0.309 e. The molecule has 2 heteroatoms. The van der Waals surface area contributed by atoms with Crippen LogP contribution in [0.4, 0.5) is 4.39 Å². The van der Waals surface area contributed by atoms with Crippen molar-refractivity contribution in [3.8, 4) is 0 Å². The van der Waals surface area contributed by atoms with Gasteiger partial charge in [-0.3, -0.25) is 0 Å². The Morgan fingerprint density at radius 3 is 2.00 bits per heavy atom. The number of hydrogen-bond donors (Lipinski definition) is 1. The molecule has 0 heterocycles. The van der Waals surface area contributed by atoms with Gasteiger partial charge in [-0.2, -0.15) is 0 Å². The lowest BCUT2D eigenvalue weighted by molar-refractivity contribution is 0.621. The molecule has 1 N–H and O–H groups in total. The highest BCUT2D eigenvalue weighted by Crippen LogP contribution is 2.27. The Labute approximate surface area is 114 Å². The predicted molar refractivity (Wildman–Crippen MR) is 78.0 cm³/mol. The van der Waals surface area contributed by atoms with Crippen molar-refractivity contribution in [2.24, 2.45) is 0 Å². The van der Waals surface area contributed by atoms with Gasteiger partial charge in [0.05, 0.1) is 6.04 Å². The Kier molecular flexibility index (Phi) is 4.01. The van der Waals surface area contributed by atoms with Gasteiger partial charge in [-0.1, -0.05) is 29.8 Å². The molecule has 100 valence electrons. The van der Waals surface area contributed by atoms with Crippen LogP contribution in [0.1, 0.15) is 33.9 Å². The fourth-order valence-electron chi connectivity index (χ4n) is 2.59. The van der Waals surface area contributed by atoms with Crippen LogP contribution < -0.4 is 5.32 Å². The van der Waals surface area contributed by atoms with E-state index in [9.17, 15) is 4.39 Å². The molecule has 2 aromatic carbocycles. The molecule has 0 aliphatic rings. The van der Waals surface area contributed by atoms with E-state index in [2.05, 4.69) is 37.4 Å². The first kappa shape index (κ1) is 13.8. The maximum Gasteiger partial charge on any atom is 0.123 e. The van der Waals surface area contributed by atoms with Crippen LogP contribution in [0.15, 0.2) is 36.4 Å². The van der Waals surface area contributed by atoms with Crippen molar-refractivity contribution in [1.82, 2.24) is 5.32 Å². The Balaban J connectivity index is 2.50. The number of benzene rings is 2. The SMILES string of the molecule is CNC(c1ccc(C)cc1C)c1ccc(F)cc1C. The Morgan fingerprint density at radius 2 is 1.47 bits per heavy atom. The highest BCUT2D eigenvalue weighted by atomic mass is 19.1. The Morgan fingerprint density at radius 1 is 0.895 bits per heavy atom. The molecule has 2 aromatic rings. The van der Waals surface area contributed by atoms with Crippen LogP contribution in [-0.4, -0.2) is 7.05 Å². The average molecular weight is 257 g/mol. The van der Waals surface area contributed by atoms with Crippen molar-refractivity contribution in [2.75, 3.05) is 7.05 Å². The zero-order chi connectivity index (χ0) is 14.0. The van der Waals surface area contributed by atoms with Gasteiger partial charge in [-0.15, -0.1) is 0 Å². The maximum absolute atomic E-state index is 13.2. The average Bonchev–Trinajstić information content (AvgIpc) is 2.34. The molecule has 0 spiro atoms. The summed E-state index contributed by atoms with van der Waals surface area (Å²) in [5.74, 6) is -0.184. The molecule has 19 heavy (non-hydrogen) atoms. The molecule has 2 rings (SSSR count). The summed E-state index contributed by atoms with van der Waals surface area (Å²) in [6.45, 7) is 6.16. The van der Waals surface area contributed by atoms with E-state index in [-0.39, 0.29) is 11.9 Å². The number of halogens is 1. The van der Waals surface area contributed by atoms with E-state index in [1.165, 1.54) is 22.8 Å². The van der Waals surface area contributed by atoms with Crippen LogP contribution in [0, 0.1) is 26.6 Å².